The topological polar surface area (TPSA) is 77.1 Å². The number of benzene rings is 1. The second-order valence-electron chi connectivity index (χ2n) is 7.73. The molecule has 6 heteroatoms. The summed E-state index contributed by atoms with van der Waals surface area (Å²) in [5, 5.41) is 4.73. The summed E-state index contributed by atoms with van der Waals surface area (Å²) in [6.45, 7) is 4.93. The summed E-state index contributed by atoms with van der Waals surface area (Å²) in [4.78, 5) is 26.7. The van der Waals surface area contributed by atoms with Gasteiger partial charge < -0.3 is 15.6 Å². The van der Waals surface area contributed by atoms with Gasteiger partial charge in [-0.25, -0.2) is 0 Å². The number of aryl methyl sites for hydroxylation is 3. The van der Waals surface area contributed by atoms with Gasteiger partial charge in [-0.15, -0.1) is 11.3 Å². The van der Waals surface area contributed by atoms with E-state index in [0.717, 1.165) is 67.1 Å². The minimum absolute atomic E-state index is 0.170. The largest absolute Gasteiger partial charge is 0.365 e. The molecule has 0 fully saturated rings. The van der Waals surface area contributed by atoms with Crippen molar-refractivity contribution < 1.29 is 9.59 Å². The van der Waals surface area contributed by atoms with E-state index >= 15 is 0 Å². The number of fused-ring (bicyclic) bond motifs is 2. The number of aromatic nitrogens is 1. The summed E-state index contributed by atoms with van der Waals surface area (Å²) in [6, 6.07) is 8.13. The van der Waals surface area contributed by atoms with E-state index in [9.17, 15) is 9.59 Å². The van der Waals surface area contributed by atoms with Crippen LogP contribution in [0.15, 0.2) is 24.3 Å². The van der Waals surface area contributed by atoms with Crippen LogP contribution in [0, 0.1) is 6.92 Å². The average Bonchev–Trinajstić information content (AvgIpc) is 3.21. The Labute approximate surface area is 174 Å². The van der Waals surface area contributed by atoms with Crippen molar-refractivity contribution in [2.45, 2.75) is 58.9 Å². The van der Waals surface area contributed by atoms with Gasteiger partial charge in [0, 0.05) is 22.3 Å². The molecule has 0 atom stereocenters. The number of nitrogens with one attached hydrogen (secondary N) is 1. The van der Waals surface area contributed by atoms with Gasteiger partial charge in [0.25, 0.3) is 11.8 Å². The maximum atomic E-state index is 13.4. The van der Waals surface area contributed by atoms with E-state index in [2.05, 4.69) is 28.9 Å². The predicted octanol–water partition coefficient (Wildman–Crippen LogP) is 5.04. The van der Waals surface area contributed by atoms with Crippen molar-refractivity contribution in [2.75, 3.05) is 5.32 Å². The number of nitrogens with zero attached hydrogens (tertiary/aromatic N) is 1. The van der Waals surface area contributed by atoms with Crippen LogP contribution < -0.4 is 11.1 Å². The lowest BCUT2D eigenvalue weighted by molar-refractivity contribution is 0.100. The van der Waals surface area contributed by atoms with Crippen LogP contribution in [0.4, 0.5) is 5.00 Å². The van der Waals surface area contributed by atoms with Gasteiger partial charge in [0.1, 0.15) is 10.7 Å². The number of thiophene rings is 1. The molecule has 0 spiro atoms. The first kappa shape index (κ1) is 19.7. The van der Waals surface area contributed by atoms with Gasteiger partial charge >= 0.3 is 0 Å². The Balaban J connectivity index is 1.76. The van der Waals surface area contributed by atoms with Crippen molar-refractivity contribution in [3.05, 3.63) is 51.5 Å². The maximum Gasteiger partial charge on any atom is 0.273 e. The second-order valence-corrected chi connectivity index (χ2v) is 8.83. The van der Waals surface area contributed by atoms with Crippen LogP contribution in [0.3, 0.4) is 0 Å². The number of para-hydroxylation sites is 1. The molecule has 3 N–H and O–H groups in total. The number of primary amides is 1. The van der Waals surface area contributed by atoms with Crippen molar-refractivity contribution in [2.24, 2.45) is 5.73 Å². The Morgan fingerprint density at radius 3 is 2.72 bits per heavy atom. The molecule has 0 radical (unpaired) electrons. The third kappa shape index (κ3) is 3.46. The van der Waals surface area contributed by atoms with E-state index in [1.54, 1.807) is 0 Å². The highest BCUT2D eigenvalue weighted by atomic mass is 32.1. The molecule has 0 aliphatic heterocycles. The molecular weight excluding hydrogens is 382 g/mol. The number of rotatable bonds is 6. The van der Waals surface area contributed by atoms with E-state index in [1.807, 2.05) is 19.1 Å². The Bertz CT molecular complexity index is 1090. The van der Waals surface area contributed by atoms with E-state index in [1.165, 1.54) is 16.2 Å². The minimum atomic E-state index is -0.456. The minimum Gasteiger partial charge on any atom is -0.365 e. The van der Waals surface area contributed by atoms with E-state index in [4.69, 9.17) is 5.73 Å². The van der Waals surface area contributed by atoms with E-state index in [0.29, 0.717) is 16.3 Å². The van der Waals surface area contributed by atoms with Gasteiger partial charge in [-0.3, -0.25) is 9.59 Å². The third-order valence-electron chi connectivity index (χ3n) is 5.82. The molecular formula is C23H27N3O2S. The molecule has 3 aromatic rings. The normalized spacial score (nSPS) is 13.4. The van der Waals surface area contributed by atoms with Crippen molar-refractivity contribution in [3.63, 3.8) is 0 Å². The Morgan fingerprint density at radius 2 is 1.97 bits per heavy atom. The Morgan fingerprint density at radius 1 is 1.21 bits per heavy atom. The number of carbonyl (C=O) groups excluding carboxylic acids is 2. The molecule has 0 saturated carbocycles. The fraction of sp³-hybridized carbons (Fsp3) is 0.391. The Hall–Kier alpha value is -2.60. The molecule has 1 aromatic carbocycles. The molecule has 0 saturated heterocycles. The highest BCUT2D eigenvalue weighted by molar-refractivity contribution is 7.17. The fourth-order valence-electron chi connectivity index (χ4n) is 4.39. The summed E-state index contributed by atoms with van der Waals surface area (Å²) < 4.78 is 2.11. The highest BCUT2D eigenvalue weighted by Gasteiger charge is 2.27. The van der Waals surface area contributed by atoms with Gasteiger partial charge in [-0.1, -0.05) is 31.5 Å². The Kier molecular flexibility index (Phi) is 5.46. The number of anilines is 1. The standard InChI is InChI=1S/C23H27N3O2S/c1-3-4-13-26-17-11-7-5-9-15(17)14(2)20(26)22(28)25-23-19(21(24)27)16-10-6-8-12-18(16)29-23/h5,7,9,11H,3-4,6,8,10,12-13H2,1-2H3,(H2,24,27)(H,25,28). The lowest BCUT2D eigenvalue weighted by atomic mass is 9.95. The summed E-state index contributed by atoms with van der Waals surface area (Å²) in [5.74, 6) is -0.626. The van der Waals surface area contributed by atoms with Crippen LogP contribution in [0.25, 0.3) is 10.9 Å². The van der Waals surface area contributed by atoms with Crippen molar-refractivity contribution >= 4 is 39.1 Å². The van der Waals surface area contributed by atoms with Crippen LogP contribution >= 0.6 is 11.3 Å². The van der Waals surface area contributed by atoms with Crippen LogP contribution in [-0.4, -0.2) is 16.4 Å². The molecule has 4 rings (SSSR count). The van der Waals surface area contributed by atoms with E-state index in [-0.39, 0.29) is 5.91 Å². The first-order valence-corrected chi connectivity index (χ1v) is 11.2. The van der Waals surface area contributed by atoms with Gasteiger partial charge in [-0.05, 0) is 56.2 Å². The number of unbranched alkanes of at least 4 members (excludes halogenated alkanes) is 1. The summed E-state index contributed by atoms with van der Waals surface area (Å²) in [7, 11) is 0. The predicted molar refractivity (Wildman–Crippen MR) is 119 cm³/mol. The second kappa shape index (κ2) is 8.03. The average molecular weight is 410 g/mol. The quantitative estimate of drug-likeness (QED) is 0.598. The first-order valence-electron chi connectivity index (χ1n) is 10.4. The molecule has 1 aliphatic carbocycles. The van der Waals surface area contributed by atoms with Gasteiger partial charge in [0.05, 0.1) is 5.56 Å². The van der Waals surface area contributed by atoms with Crippen LogP contribution in [0.5, 0.6) is 0 Å². The van der Waals surface area contributed by atoms with Crippen LogP contribution in [0.2, 0.25) is 0 Å². The molecule has 2 heterocycles. The smallest absolute Gasteiger partial charge is 0.273 e. The lowest BCUT2D eigenvalue weighted by Crippen LogP contribution is -2.21. The molecule has 2 aromatic heterocycles. The molecule has 0 bridgehead atoms. The van der Waals surface area contributed by atoms with Crippen molar-refractivity contribution in [1.29, 1.82) is 0 Å². The first-order chi connectivity index (χ1) is 14.0. The molecule has 5 nitrogen and oxygen atoms in total. The number of hydrogen-bond acceptors (Lipinski definition) is 3. The molecule has 29 heavy (non-hydrogen) atoms. The zero-order valence-electron chi connectivity index (χ0n) is 17.0. The monoisotopic (exact) mass is 409 g/mol. The fourth-order valence-corrected chi connectivity index (χ4v) is 5.68. The molecule has 2 amide bonds. The highest BCUT2D eigenvalue weighted by Crippen LogP contribution is 2.38. The van der Waals surface area contributed by atoms with Crippen LogP contribution in [0.1, 0.15) is 69.5 Å². The molecule has 0 unspecified atom stereocenters. The number of nitrogens with two attached hydrogens (primary N) is 1. The molecule has 1 aliphatic rings. The number of amides is 2. The van der Waals surface area contributed by atoms with Crippen molar-refractivity contribution in [3.8, 4) is 0 Å². The van der Waals surface area contributed by atoms with E-state index < -0.39 is 5.91 Å². The zero-order chi connectivity index (χ0) is 20.5. The summed E-state index contributed by atoms with van der Waals surface area (Å²) in [5.41, 5.74) is 9.95. The zero-order valence-corrected chi connectivity index (χ0v) is 17.8. The third-order valence-corrected chi connectivity index (χ3v) is 7.03. The summed E-state index contributed by atoms with van der Waals surface area (Å²) in [6.07, 6.45) is 6.03. The number of carbonyl (C=O) groups is 2. The van der Waals surface area contributed by atoms with Crippen molar-refractivity contribution in [1.82, 2.24) is 4.57 Å². The van der Waals surface area contributed by atoms with Gasteiger partial charge in [0.2, 0.25) is 0 Å². The lowest BCUT2D eigenvalue weighted by Gasteiger charge is -2.12. The van der Waals surface area contributed by atoms with Gasteiger partial charge in [0.15, 0.2) is 0 Å². The van der Waals surface area contributed by atoms with Crippen LogP contribution in [-0.2, 0) is 19.4 Å². The number of hydrogen-bond donors (Lipinski definition) is 2. The maximum absolute atomic E-state index is 13.4. The summed E-state index contributed by atoms with van der Waals surface area (Å²) >= 11 is 1.51. The SMILES string of the molecule is CCCCn1c(C(=O)Nc2sc3c(c2C(N)=O)CCCC3)c(C)c2ccccc21. The molecule has 152 valence electrons. The van der Waals surface area contributed by atoms with Gasteiger partial charge in [-0.2, -0.15) is 0 Å².